The lowest BCUT2D eigenvalue weighted by Crippen LogP contribution is -2.58. The highest BCUT2D eigenvalue weighted by Crippen LogP contribution is 2.47. The van der Waals surface area contributed by atoms with Gasteiger partial charge in [-0.2, -0.15) is 0 Å². The van der Waals surface area contributed by atoms with Crippen molar-refractivity contribution < 1.29 is 42.7 Å². The first-order chi connectivity index (χ1) is 34.2. The van der Waals surface area contributed by atoms with E-state index in [9.17, 15) is 29.0 Å². The second kappa shape index (κ2) is 19.7. The Morgan fingerprint density at radius 1 is 1.01 bits per heavy atom. The number of aliphatic hydroxyl groups is 1. The molecular formula is C52H64FN10O8P. The third-order valence-electron chi connectivity index (χ3n) is 14.6. The van der Waals surface area contributed by atoms with Gasteiger partial charge in [0.1, 0.15) is 22.9 Å². The molecule has 1 aliphatic carbocycles. The van der Waals surface area contributed by atoms with Crippen LogP contribution in [0.2, 0.25) is 0 Å². The number of nitrogens with zero attached hydrogens (tertiary/aromatic N) is 8. The maximum Gasteiger partial charge on any atom is 0.470 e. The molecular weight excluding hydrogens is 943 g/mol. The molecule has 2 amide bonds. The van der Waals surface area contributed by atoms with Gasteiger partial charge >= 0.3 is 7.82 Å². The predicted octanol–water partition coefficient (Wildman–Crippen LogP) is 7.55. The highest BCUT2D eigenvalue weighted by Gasteiger charge is 2.39. The SMILES string of the molecule is C=CC(=O)Nc1cc(Nc2nc(-c3ccnc(N4CCn5c(cc6c5CC(C)(C)C6)C4=O)c3CO)cnc2OC)ccc1N1CCN(C2CCN(c3ccc(F)c(C(C)(C)OP(=O)(O)O)c3)[C@H](C)C2)C[C@@H]1C. The van der Waals surface area contributed by atoms with Crippen molar-refractivity contribution in [1.29, 1.82) is 0 Å². The van der Waals surface area contributed by atoms with Gasteiger partial charge in [-0.05, 0) is 119 Å². The Labute approximate surface area is 419 Å². The molecule has 3 aliphatic heterocycles. The van der Waals surface area contributed by atoms with E-state index in [1.807, 2.05) is 24.3 Å². The number of phosphoric ester groups is 1. The molecule has 2 fully saturated rings. The van der Waals surface area contributed by atoms with Gasteiger partial charge in [-0.15, -0.1) is 0 Å². The first-order valence-electron chi connectivity index (χ1n) is 24.4. The van der Waals surface area contributed by atoms with Gasteiger partial charge in [0.25, 0.3) is 11.8 Å². The molecule has 20 heteroatoms. The summed E-state index contributed by atoms with van der Waals surface area (Å²) in [5, 5.41) is 17.2. The van der Waals surface area contributed by atoms with E-state index >= 15 is 4.39 Å². The molecule has 0 spiro atoms. The Kier molecular flexibility index (Phi) is 13.9. The number of methoxy groups -OCH3 is 1. The average Bonchev–Trinajstić information content (AvgIpc) is 3.82. The number of aromatic nitrogens is 4. The quantitative estimate of drug-likeness (QED) is 0.0537. The van der Waals surface area contributed by atoms with E-state index in [0.717, 1.165) is 50.1 Å². The molecule has 0 bridgehead atoms. The molecule has 2 aromatic carbocycles. The molecule has 18 nitrogen and oxygen atoms in total. The van der Waals surface area contributed by atoms with Crippen molar-refractivity contribution >= 4 is 54.0 Å². The van der Waals surface area contributed by atoms with E-state index in [4.69, 9.17) is 14.2 Å². The number of pyridine rings is 1. The standard InChI is InChI=1S/C52H64FN10O8P/c1-9-46(65)57-41-24-34(10-13-43(41)61-19-18-59(29-32(61)3)35-15-17-60(31(2)22-35)36-11-12-40(53)39(25-36)52(6,7)71-72(67,68)69)56-47-49(70-8)55-28-42(58-47)37-14-16-54-48(38(37)30-64)63-21-20-62-44(50(63)66)23-33-26-51(4,5)27-45(33)62/h9-14,16,23-25,28,31-32,35,64H,1,15,17-22,26-27,29-30H2,2-8H3,(H,56,58)(H,57,65)(H2,67,68,69)/t31-,32+,35?/m1/s1. The van der Waals surface area contributed by atoms with Gasteiger partial charge in [-0.3, -0.25) is 23.9 Å². The lowest BCUT2D eigenvalue weighted by Gasteiger charge is -2.48. The molecule has 4 aliphatic rings. The van der Waals surface area contributed by atoms with Crippen molar-refractivity contribution in [3.8, 4) is 17.1 Å². The number of aliphatic hydroxyl groups excluding tert-OH is 1. The number of hydrogen-bond acceptors (Lipinski definition) is 13. The maximum absolute atomic E-state index is 15.0. The van der Waals surface area contributed by atoms with Crippen LogP contribution in [0, 0.1) is 11.2 Å². The molecule has 0 saturated carbocycles. The fourth-order valence-electron chi connectivity index (χ4n) is 11.3. The van der Waals surface area contributed by atoms with Gasteiger partial charge in [0.2, 0.25) is 5.91 Å². The summed E-state index contributed by atoms with van der Waals surface area (Å²) in [6.45, 7) is 18.9. The van der Waals surface area contributed by atoms with Crippen LogP contribution >= 0.6 is 7.82 Å². The van der Waals surface area contributed by atoms with Crippen LogP contribution in [0.3, 0.4) is 0 Å². The topological polar surface area (TPSA) is 211 Å². The van der Waals surface area contributed by atoms with Gasteiger partial charge in [0.15, 0.2) is 5.82 Å². The lowest BCUT2D eigenvalue weighted by molar-refractivity contribution is -0.111. The smallest absolute Gasteiger partial charge is 0.470 e. The number of benzene rings is 2. The first kappa shape index (κ1) is 50.7. The molecule has 9 rings (SSSR count). The fourth-order valence-corrected chi connectivity index (χ4v) is 12.0. The highest BCUT2D eigenvalue weighted by atomic mass is 31.2. The van der Waals surface area contributed by atoms with Gasteiger partial charge in [-0.25, -0.2) is 23.9 Å². The van der Waals surface area contributed by atoms with Crippen molar-refractivity contribution in [3.05, 3.63) is 107 Å². The van der Waals surface area contributed by atoms with E-state index in [1.54, 1.807) is 35.5 Å². The van der Waals surface area contributed by atoms with Crippen molar-refractivity contribution in [2.75, 3.05) is 65.2 Å². The number of amides is 2. The number of anilines is 6. The maximum atomic E-state index is 15.0. The largest absolute Gasteiger partial charge is 0.478 e. The fraction of sp³-hybridized carbons (Fsp3) is 0.442. The molecule has 3 aromatic heterocycles. The number of phosphoric acid groups is 1. The van der Waals surface area contributed by atoms with Crippen LogP contribution in [0.5, 0.6) is 5.88 Å². The Balaban J connectivity index is 0.904. The summed E-state index contributed by atoms with van der Waals surface area (Å²) in [6.07, 6.45) is 7.94. The summed E-state index contributed by atoms with van der Waals surface area (Å²) in [6, 6.07) is 14.5. The van der Waals surface area contributed by atoms with Crippen LogP contribution < -0.4 is 30.1 Å². The Bertz CT molecular complexity index is 2980. The molecule has 3 atom stereocenters. The van der Waals surface area contributed by atoms with E-state index in [0.29, 0.717) is 65.9 Å². The number of nitrogens with one attached hydrogen (secondary N) is 2. The van der Waals surface area contributed by atoms with Gasteiger partial charge in [0.05, 0.1) is 37.0 Å². The zero-order valence-corrected chi connectivity index (χ0v) is 42.7. The van der Waals surface area contributed by atoms with Crippen molar-refractivity contribution in [3.63, 3.8) is 0 Å². The normalized spacial score (nSPS) is 20.3. The number of carbonyl (C=O) groups is 2. The summed E-state index contributed by atoms with van der Waals surface area (Å²) in [5.41, 5.74) is 5.92. The number of hydrogen-bond donors (Lipinski definition) is 5. The summed E-state index contributed by atoms with van der Waals surface area (Å²) < 4.78 is 39.5. The molecule has 5 aromatic rings. The minimum atomic E-state index is -4.88. The van der Waals surface area contributed by atoms with Gasteiger partial charge in [0, 0.05) is 97.3 Å². The zero-order chi connectivity index (χ0) is 51.4. The number of halogens is 1. The second-order valence-electron chi connectivity index (χ2n) is 20.6. The van der Waals surface area contributed by atoms with Crippen molar-refractivity contribution in [1.82, 2.24) is 24.4 Å². The molecule has 5 N–H and O–H groups in total. The average molecular weight is 1010 g/mol. The van der Waals surface area contributed by atoms with E-state index in [-0.39, 0.29) is 52.6 Å². The van der Waals surface area contributed by atoms with E-state index < -0.39 is 25.8 Å². The third kappa shape index (κ3) is 10.1. The number of rotatable bonds is 14. The summed E-state index contributed by atoms with van der Waals surface area (Å²) >= 11 is 0. The van der Waals surface area contributed by atoms with Crippen LogP contribution in [-0.4, -0.2) is 109 Å². The van der Waals surface area contributed by atoms with Crippen LogP contribution in [0.4, 0.5) is 38.8 Å². The third-order valence-corrected chi connectivity index (χ3v) is 15.3. The monoisotopic (exact) mass is 1010 g/mol. The lowest BCUT2D eigenvalue weighted by atomic mass is 9.90. The number of piperidine rings is 1. The minimum Gasteiger partial charge on any atom is -0.478 e. The predicted molar refractivity (Wildman–Crippen MR) is 274 cm³/mol. The Morgan fingerprint density at radius 3 is 2.51 bits per heavy atom. The molecule has 382 valence electrons. The van der Waals surface area contributed by atoms with Crippen LogP contribution in [0.15, 0.2) is 73.6 Å². The zero-order valence-electron chi connectivity index (χ0n) is 41.9. The van der Waals surface area contributed by atoms with Gasteiger partial charge < -0.3 is 44.6 Å². The van der Waals surface area contributed by atoms with Crippen LogP contribution in [0.1, 0.15) is 87.3 Å². The van der Waals surface area contributed by atoms with Crippen LogP contribution in [-0.2, 0) is 45.5 Å². The summed E-state index contributed by atoms with van der Waals surface area (Å²) in [4.78, 5) is 68.7. The Morgan fingerprint density at radius 2 is 1.81 bits per heavy atom. The highest BCUT2D eigenvalue weighted by molar-refractivity contribution is 7.46. The van der Waals surface area contributed by atoms with E-state index in [1.165, 1.54) is 44.4 Å². The molecule has 72 heavy (non-hydrogen) atoms. The number of carbonyl (C=O) groups excluding carboxylic acids is 2. The molecule has 6 heterocycles. The second-order valence-corrected chi connectivity index (χ2v) is 21.8. The first-order valence-corrected chi connectivity index (χ1v) is 25.9. The molecule has 1 unspecified atom stereocenters. The summed E-state index contributed by atoms with van der Waals surface area (Å²) in [7, 11) is -3.38. The van der Waals surface area contributed by atoms with Gasteiger partial charge in [-0.1, -0.05) is 20.4 Å². The van der Waals surface area contributed by atoms with E-state index in [2.05, 4.69) is 74.1 Å². The number of fused-ring (bicyclic) bond motifs is 3. The molecule has 0 radical (unpaired) electrons. The molecule has 2 saturated heterocycles. The number of piperazine rings is 1. The number of ether oxygens (including phenoxy) is 1. The van der Waals surface area contributed by atoms with Crippen LogP contribution in [0.25, 0.3) is 11.3 Å². The minimum absolute atomic E-state index is 0.0636. The Hall–Kier alpha value is -6.21. The summed E-state index contributed by atoms with van der Waals surface area (Å²) in [5.74, 6) is -0.267. The van der Waals surface area contributed by atoms with Crippen molar-refractivity contribution in [2.45, 2.75) is 104 Å². The van der Waals surface area contributed by atoms with Crippen molar-refractivity contribution in [2.24, 2.45) is 5.41 Å².